The third-order valence-corrected chi connectivity index (χ3v) is 7.80. The number of ether oxygens (including phenoxy) is 2. The number of anilines is 3. The zero-order valence-electron chi connectivity index (χ0n) is 22.5. The van der Waals surface area contributed by atoms with Gasteiger partial charge in [0.2, 0.25) is 0 Å². The highest BCUT2D eigenvalue weighted by Crippen LogP contribution is 2.59. The first-order chi connectivity index (χ1) is 18.4. The summed E-state index contributed by atoms with van der Waals surface area (Å²) in [4.78, 5) is 16.3. The van der Waals surface area contributed by atoms with Crippen molar-refractivity contribution < 1.29 is 14.3 Å². The lowest BCUT2D eigenvalue weighted by atomic mass is 9.76. The SMILES string of the molecule is CCN(CC)c1cc(C)c(Nc2ccc(C)cc2C)c2c1C(=O)OC21c2ccccc2Oc2ccccc21. The molecule has 0 atom stereocenters. The van der Waals surface area contributed by atoms with Crippen LogP contribution in [0.1, 0.15) is 57.6 Å². The van der Waals surface area contributed by atoms with Gasteiger partial charge in [0.05, 0.1) is 16.9 Å². The number of benzene rings is 4. The van der Waals surface area contributed by atoms with E-state index in [2.05, 4.69) is 69.1 Å². The minimum Gasteiger partial charge on any atom is -0.456 e. The third kappa shape index (κ3) is 3.42. The number of rotatable bonds is 5. The predicted octanol–water partition coefficient (Wildman–Crippen LogP) is 7.77. The summed E-state index contributed by atoms with van der Waals surface area (Å²) in [5, 5.41) is 3.73. The molecule has 2 aliphatic heterocycles. The highest BCUT2D eigenvalue weighted by molar-refractivity contribution is 6.05. The smallest absolute Gasteiger partial charge is 0.342 e. The topological polar surface area (TPSA) is 50.8 Å². The number of nitrogens with zero attached hydrogens (tertiary/aromatic N) is 1. The quantitative estimate of drug-likeness (QED) is 0.281. The van der Waals surface area contributed by atoms with Crippen molar-refractivity contribution in [2.24, 2.45) is 0 Å². The first-order valence-electron chi connectivity index (χ1n) is 13.3. The fraction of sp³-hybridized carbons (Fsp3) is 0.242. The maximum Gasteiger partial charge on any atom is 0.342 e. The Hall–Kier alpha value is -4.25. The first kappa shape index (κ1) is 24.1. The summed E-state index contributed by atoms with van der Waals surface area (Å²) < 4.78 is 12.9. The predicted molar refractivity (Wildman–Crippen MR) is 152 cm³/mol. The number of aryl methyl sites for hydroxylation is 3. The van der Waals surface area contributed by atoms with Crippen molar-refractivity contribution >= 4 is 23.0 Å². The molecule has 0 unspecified atom stereocenters. The minimum atomic E-state index is -1.15. The van der Waals surface area contributed by atoms with Gasteiger partial charge in [0.15, 0.2) is 5.60 Å². The lowest BCUT2D eigenvalue weighted by Gasteiger charge is -2.38. The number of esters is 1. The van der Waals surface area contributed by atoms with Crippen molar-refractivity contribution in [2.45, 2.75) is 40.2 Å². The van der Waals surface area contributed by atoms with Gasteiger partial charge in [-0.25, -0.2) is 4.79 Å². The molecule has 1 N–H and O–H groups in total. The Morgan fingerprint density at radius 1 is 0.816 bits per heavy atom. The third-order valence-electron chi connectivity index (χ3n) is 7.80. The van der Waals surface area contributed by atoms with Crippen LogP contribution < -0.4 is 15.0 Å². The molecule has 0 aliphatic carbocycles. The molecule has 6 rings (SSSR count). The molecule has 4 aromatic rings. The monoisotopic (exact) mass is 504 g/mol. The van der Waals surface area contributed by atoms with Gasteiger partial charge < -0.3 is 19.7 Å². The normalized spacial score (nSPS) is 14.3. The summed E-state index contributed by atoms with van der Waals surface area (Å²) >= 11 is 0. The molecule has 0 fully saturated rings. The molecule has 0 amide bonds. The van der Waals surface area contributed by atoms with Crippen molar-refractivity contribution in [1.82, 2.24) is 0 Å². The van der Waals surface area contributed by atoms with E-state index in [9.17, 15) is 4.79 Å². The Morgan fingerprint density at radius 2 is 1.45 bits per heavy atom. The fourth-order valence-electron chi connectivity index (χ4n) is 6.00. The number of hydrogen-bond acceptors (Lipinski definition) is 5. The van der Waals surface area contributed by atoms with E-state index >= 15 is 0 Å². The Bertz CT molecular complexity index is 1540. The van der Waals surface area contributed by atoms with E-state index in [1.807, 2.05) is 48.5 Å². The average Bonchev–Trinajstić information content (AvgIpc) is 3.21. The van der Waals surface area contributed by atoms with Crippen LogP contribution in [0.2, 0.25) is 0 Å². The molecular formula is C33H32N2O3. The van der Waals surface area contributed by atoms with Crippen molar-refractivity contribution in [3.05, 3.63) is 112 Å². The van der Waals surface area contributed by atoms with E-state index in [1.165, 1.54) is 5.56 Å². The zero-order valence-corrected chi connectivity index (χ0v) is 22.5. The first-order valence-corrected chi connectivity index (χ1v) is 13.3. The van der Waals surface area contributed by atoms with Gasteiger partial charge >= 0.3 is 5.97 Å². The second-order valence-corrected chi connectivity index (χ2v) is 10.1. The molecule has 0 saturated heterocycles. The molecule has 192 valence electrons. The summed E-state index contributed by atoms with van der Waals surface area (Å²) in [5.74, 6) is 1.06. The molecule has 2 heterocycles. The Kier molecular flexibility index (Phi) is 5.68. The maximum absolute atomic E-state index is 14.0. The van der Waals surface area contributed by atoms with E-state index in [0.29, 0.717) is 17.1 Å². The van der Waals surface area contributed by atoms with E-state index < -0.39 is 5.60 Å². The second kappa shape index (κ2) is 8.95. The van der Waals surface area contributed by atoms with Gasteiger partial charge in [-0.3, -0.25) is 0 Å². The molecule has 5 nitrogen and oxygen atoms in total. The molecule has 0 saturated carbocycles. The Morgan fingerprint density at radius 3 is 2.05 bits per heavy atom. The lowest BCUT2D eigenvalue weighted by molar-refractivity contribution is 0.0226. The Labute approximate surface area is 224 Å². The molecule has 0 radical (unpaired) electrons. The Balaban J connectivity index is 1.73. The summed E-state index contributed by atoms with van der Waals surface area (Å²) in [7, 11) is 0. The van der Waals surface area contributed by atoms with E-state index in [1.54, 1.807) is 0 Å². The fourth-order valence-corrected chi connectivity index (χ4v) is 6.00. The van der Waals surface area contributed by atoms with Crippen LogP contribution in [0.5, 0.6) is 11.5 Å². The summed E-state index contributed by atoms with van der Waals surface area (Å²) in [6.07, 6.45) is 0. The summed E-state index contributed by atoms with van der Waals surface area (Å²) in [6.45, 7) is 12.1. The van der Waals surface area contributed by atoms with Crippen LogP contribution in [0.15, 0.2) is 72.8 Å². The zero-order chi connectivity index (χ0) is 26.6. The molecule has 2 aliphatic rings. The lowest BCUT2D eigenvalue weighted by Crippen LogP contribution is -2.33. The second-order valence-electron chi connectivity index (χ2n) is 10.1. The number of nitrogens with one attached hydrogen (secondary N) is 1. The van der Waals surface area contributed by atoms with Crippen molar-refractivity contribution in [3.63, 3.8) is 0 Å². The van der Waals surface area contributed by atoms with Crippen molar-refractivity contribution in [2.75, 3.05) is 23.3 Å². The van der Waals surface area contributed by atoms with Gasteiger partial charge in [-0.2, -0.15) is 0 Å². The average molecular weight is 505 g/mol. The largest absolute Gasteiger partial charge is 0.456 e. The molecule has 38 heavy (non-hydrogen) atoms. The van der Waals surface area contributed by atoms with Crippen molar-refractivity contribution in [3.8, 4) is 11.5 Å². The molecule has 0 aromatic heterocycles. The van der Waals surface area contributed by atoms with E-state index in [0.717, 1.165) is 58.0 Å². The number of carbonyl (C=O) groups excluding carboxylic acids is 1. The number of carbonyl (C=O) groups is 1. The molecule has 0 bridgehead atoms. The highest BCUT2D eigenvalue weighted by Gasteiger charge is 2.56. The molecule has 5 heteroatoms. The highest BCUT2D eigenvalue weighted by atomic mass is 16.6. The van der Waals surface area contributed by atoms with Gasteiger partial charge in [0, 0.05) is 35.5 Å². The number of para-hydroxylation sites is 2. The van der Waals surface area contributed by atoms with Crippen LogP contribution in [-0.2, 0) is 10.3 Å². The molecular weight excluding hydrogens is 472 g/mol. The van der Waals surface area contributed by atoms with Crippen LogP contribution in [0.4, 0.5) is 17.1 Å². The summed E-state index contributed by atoms with van der Waals surface area (Å²) in [5.41, 5.74) is 8.13. The van der Waals surface area contributed by atoms with Gasteiger partial charge in [0.1, 0.15) is 11.5 Å². The summed E-state index contributed by atoms with van der Waals surface area (Å²) in [6, 6.07) is 24.2. The standard InChI is InChI=1S/C33H32N2O3/c1-6-35(7-2)26-19-22(5)31(34-25-17-16-20(3)18-21(25)4)30-29(26)32(36)38-33(30)23-12-8-10-14-27(23)37-28-15-11-9-13-24(28)33/h8-19,34H,6-7H2,1-5H3. The van der Waals surface area contributed by atoms with Crippen LogP contribution in [0, 0.1) is 20.8 Å². The molecule has 1 spiro atoms. The van der Waals surface area contributed by atoms with Gasteiger partial charge in [-0.05, 0) is 70.0 Å². The van der Waals surface area contributed by atoms with Crippen molar-refractivity contribution in [1.29, 1.82) is 0 Å². The van der Waals surface area contributed by atoms with Crippen LogP contribution in [0.25, 0.3) is 0 Å². The van der Waals surface area contributed by atoms with Crippen LogP contribution in [0.3, 0.4) is 0 Å². The number of fused-ring (bicyclic) bond motifs is 6. The number of hydrogen-bond donors (Lipinski definition) is 1. The molecule has 4 aromatic carbocycles. The maximum atomic E-state index is 14.0. The van der Waals surface area contributed by atoms with Gasteiger partial charge in [0.25, 0.3) is 0 Å². The van der Waals surface area contributed by atoms with E-state index in [-0.39, 0.29) is 5.97 Å². The van der Waals surface area contributed by atoms with Crippen LogP contribution >= 0.6 is 0 Å². The van der Waals surface area contributed by atoms with Crippen LogP contribution in [-0.4, -0.2) is 19.1 Å². The minimum absolute atomic E-state index is 0.322. The van der Waals surface area contributed by atoms with E-state index in [4.69, 9.17) is 9.47 Å². The van der Waals surface area contributed by atoms with Gasteiger partial charge in [-0.1, -0.05) is 54.1 Å². The van der Waals surface area contributed by atoms with Gasteiger partial charge in [-0.15, -0.1) is 0 Å².